The standard InChI is InChI=1S/C3H7Cl2N/c1-6(2-4)3-5/h2-3H2,1H3. The van der Waals surface area contributed by atoms with Crippen molar-refractivity contribution >= 4 is 23.2 Å². The van der Waals surface area contributed by atoms with E-state index in [0.29, 0.717) is 12.0 Å². The topological polar surface area (TPSA) is 3.24 Å². The number of rotatable bonds is 2. The molecule has 0 saturated carbocycles. The summed E-state index contributed by atoms with van der Waals surface area (Å²) in [4.78, 5) is 1.78. The van der Waals surface area contributed by atoms with E-state index in [1.54, 1.807) is 4.90 Å². The molecule has 0 fully saturated rings. The lowest BCUT2D eigenvalue weighted by atomic mass is 11.0. The SMILES string of the molecule is CN(CCl)CCl. The van der Waals surface area contributed by atoms with Crippen molar-refractivity contribution in [2.24, 2.45) is 0 Å². The van der Waals surface area contributed by atoms with Crippen LogP contribution in [0.1, 0.15) is 0 Å². The molecule has 0 bridgehead atoms. The van der Waals surface area contributed by atoms with Gasteiger partial charge >= 0.3 is 0 Å². The molecule has 0 aromatic heterocycles. The lowest BCUT2D eigenvalue weighted by molar-refractivity contribution is 0.457. The molecular weight excluding hydrogens is 121 g/mol. The molecule has 0 saturated heterocycles. The van der Waals surface area contributed by atoms with Gasteiger partial charge in [0.15, 0.2) is 0 Å². The van der Waals surface area contributed by atoms with Crippen molar-refractivity contribution in [2.75, 3.05) is 19.1 Å². The molecule has 0 aromatic carbocycles. The van der Waals surface area contributed by atoms with Gasteiger partial charge in [-0.25, -0.2) is 0 Å². The third kappa shape index (κ3) is 2.76. The van der Waals surface area contributed by atoms with Gasteiger partial charge in [0.05, 0.1) is 12.0 Å². The van der Waals surface area contributed by atoms with Crippen LogP contribution in [0, 0.1) is 0 Å². The Morgan fingerprint density at radius 2 is 1.67 bits per heavy atom. The highest BCUT2D eigenvalue weighted by Crippen LogP contribution is 1.85. The lowest BCUT2D eigenvalue weighted by Gasteiger charge is -2.03. The highest BCUT2D eigenvalue weighted by molar-refractivity contribution is 6.19. The van der Waals surface area contributed by atoms with E-state index in [1.165, 1.54) is 0 Å². The molecule has 0 aliphatic carbocycles. The first kappa shape index (κ1) is 6.54. The summed E-state index contributed by atoms with van der Waals surface area (Å²) in [5, 5.41) is 0. The van der Waals surface area contributed by atoms with Gasteiger partial charge in [0.25, 0.3) is 0 Å². The Labute approximate surface area is 47.8 Å². The molecule has 0 amide bonds. The van der Waals surface area contributed by atoms with Gasteiger partial charge in [-0.15, -0.1) is 23.2 Å². The van der Waals surface area contributed by atoms with Gasteiger partial charge in [0.1, 0.15) is 0 Å². The molecule has 0 radical (unpaired) electrons. The first-order chi connectivity index (χ1) is 2.81. The number of nitrogens with zero attached hydrogens (tertiary/aromatic N) is 1. The number of halogens is 2. The van der Waals surface area contributed by atoms with E-state index in [0.717, 1.165) is 0 Å². The van der Waals surface area contributed by atoms with Crippen molar-refractivity contribution in [3.63, 3.8) is 0 Å². The van der Waals surface area contributed by atoms with Crippen molar-refractivity contribution < 1.29 is 0 Å². The second kappa shape index (κ2) is 3.72. The number of hydrogen-bond donors (Lipinski definition) is 0. The normalized spacial score (nSPS) is 10.0. The first-order valence-corrected chi connectivity index (χ1v) is 2.68. The Morgan fingerprint density at radius 1 is 1.33 bits per heavy atom. The van der Waals surface area contributed by atoms with Crippen LogP contribution in [0.2, 0.25) is 0 Å². The maximum atomic E-state index is 5.29. The zero-order valence-electron chi connectivity index (χ0n) is 3.62. The summed E-state index contributed by atoms with van der Waals surface area (Å²) >= 11 is 10.6. The van der Waals surface area contributed by atoms with E-state index in [9.17, 15) is 0 Å². The minimum absolute atomic E-state index is 0.503. The minimum Gasteiger partial charge on any atom is -0.279 e. The molecule has 0 rings (SSSR count). The molecule has 0 spiro atoms. The second-order valence-electron chi connectivity index (χ2n) is 1.10. The van der Waals surface area contributed by atoms with E-state index >= 15 is 0 Å². The Hall–Kier alpha value is 0.540. The summed E-state index contributed by atoms with van der Waals surface area (Å²) in [6.45, 7) is 0. The second-order valence-corrected chi connectivity index (χ2v) is 1.57. The summed E-state index contributed by atoms with van der Waals surface area (Å²) in [7, 11) is 1.85. The zero-order valence-corrected chi connectivity index (χ0v) is 5.13. The minimum atomic E-state index is 0.503. The predicted octanol–water partition coefficient (Wildman–Crippen LogP) is 1.31. The molecular formula is C3H7Cl2N. The molecule has 0 aliphatic rings. The van der Waals surface area contributed by atoms with Crippen molar-refractivity contribution in [3.05, 3.63) is 0 Å². The van der Waals surface area contributed by atoms with Crippen LogP contribution in [-0.4, -0.2) is 24.0 Å². The first-order valence-electron chi connectivity index (χ1n) is 1.61. The highest BCUT2D eigenvalue weighted by Gasteiger charge is 1.85. The van der Waals surface area contributed by atoms with Gasteiger partial charge in [0, 0.05) is 0 Å². The molecule has 0 atom stereocenters. The van der Waals surface area contributed by atoms with Gasteiger partial charge < -0.3 is 0 Å². The number of hydrogen-bond acceptors (Lipinski definition) is 1. The van der Waals surface area contributed by atoms with Crippen LogP contribution in [0.5, 0.6) is 0 Å². The van der Waals surface area contributed by atoms with Gasteiger partial charge in [-0.3, -0.25) is 4.90 Å². The maximum absolute atomic E-state index is 5.29. The van der Waals surface area contributed by atoms with E-state index in [1.807, 2.05) is 7.05 Å². The monoisotopic (exact) mass is 127 g/mol. The fourth-order valence-electron chi connectivity index (χ4n) is 0.0319. The summed E-state index contributed by atoms with van der Waals surface area (Å²) in [5.74, 6) is 0. The summed E-state index contributed by atoms with van der Waals surface area (Å²) < 4.78 is 0. The third-order valence-electron chi connectivity index (χ3n) is 0.408. The van der Waals surface area contributed by atoms with E-state index in [2.05, 4.69) is 0 Å². The fourth-order valence-corrected chi connectivity index (χ4v) is 0.287. The quantitative estimate of drug-likeness (QED) is 0.400. The molecule has 1 nitrogen and oxygen atoms in total. The van der Waals surface area contributed by atoms with Gasteiger partial charge in [-0.1, -0.05) is 0 Å². The van der Waals surface area contributed by atoms with Crippen LogP contribution in [0.3, 0.4) is 0 Å². The van der Waals surface area contributed by atoms with Gasteiger partial charge in [0.2, 0.25) is 0 Å². The average molecular weight is 128 g/mol. The Morgan fingerprint density at radius 3 is 1.67 bits per heavy atom. The number of alkyl halides is 2. The molecule has 6 heavy (non-hydrogen) atoms. The van der Waals surface area contributed by atoms with Crippen molar-refractivity contribution in [1.29, 1.82) is 0 Å². The van der Waals surface area contributed by atoms with E-state index in [-0.39, 0.29) is 0 Å². The molecule has 3 heteroatoms. The Bertz CT molecular complexity index is 28.0. The molecule has 0 aliphatic heterocycles. The van der Waals surface area contributed by atoms with Gasteiger partial charge in [-0.2, -0.15) is 0 Å². The predicted molar refractivity (Wildman–Crippen MR) is 29.2 cm³/mol. The Kier molecular flexibility index (Phi) is 4.06. The third-order valence-corrected chi connectivity index (χ3v) is 1.22. The molecule has 0 unspecified atom stereocenters. The van der Waals surface area contributed by atoms with Crippen LogP contribution in [0.15, 0.2) is 0 Å². The average Bonchev–Trinajstić information content (AvgIpc) is 1.65. The molecule has 38 valence electrons. The van der Waals surface area contributed by atoms with Gasteiger partial charge in [-0.05, 0) is 7.05 Å². The van der Waals surface area contributed by atoms with E-state index < -0.39 is 0 Å². The van der Waals surface area contributed by atoms with Crippen molar-refractivity contribution in [1.82, 2.24) is 4.90 Å². The fraction of sp³-hybridized carbons (Fsp3) is 1.00. The highest BCUT2D eigenvalue weighted by atomic mass is 35.5. The largest absolute Gasteiger partial charge is 0.279 e. The maximum Gasteiger partial charge on any atom is 0.0745 e. The zero-order chi connectivity index (χ0) is 4.99. The van der Waals surface area contributed by atoms with Crippen molar-refractivity contribution in [2.45, 2.75) is 0 Å². The van der Waals surface area contributed by atoms with Crippen LogP contribution in [0.4, 0.5) is 0 Å². The molecule has 0 N–H and O–H groups in total. The van der Waals surface area contributed by atoms with Crippen LogP contribution in [-0.2, 0) is 0 Å². The van der Waals surface area contributed by atoms with Crippen molar-refractivity contribution in [3.8, 4) is 0 Å². The van der Waals surface area contributed by atoms with Crippen LogP contribution < -0.4 is 0 Å². The summed E-state index contributed by atoms with van der Waals surface area (Å²) in [5.41, 5.74) is 0. The van der Waals surface area contributed by atoms with E-state index in [4.69, 9.17) is 23.2 Å². The molecule has 0 heterocycles. The summed E-state index contributed by atoms with van der Waals surface area (Å²) in [6.07, 6.45) is 0. The molecule has 0 aromatic rings. The Balaban J connectivity index is 2.75. The summed E-state index contributed by atoms with van der Waals surface area (Å²) in [6, 6.07) is 1.01. The lowest BCUT2D eigenvalue weighted by Crippen LogP contribution is -2.12. The smallest absolute Gasteiger partial charge is 0.0745 e. The van der Waals surface area contributed by atoms with Crippen LogP contribution in [0.25, 0.3) is 0 Å². The van der Waals surface area contributed by atoms with Crippen LogP contribution >= 0.6 is 23.2 Å².